The average Bonchev–Trinajstić information content (AvgIpc) is 2.30. The molecule has 0 saturated heterocycles. The van der Waals surface area contributed by atoms with Crippen LogP contribution in [0, 0.1) is 0 Å². The first-order valence-corrected chi connectivity index (χ1v) is 5.04. The Labute approximate surface area is 69.8 Å². The molecule has 68 valence electrons. The lowest BCUT2D eigenvalue weighted by molar-refractivity contribution is 0.584. The molecule has 0 aliphatic rings. The summed E-state index contributed by atoms with van der Waals surface area (Å²) < 4.78 is 23.5. The van der Waals surface area contributed by atoms with Gasteiger partial charge in [0.1, 0.15) is 0 Å². The van der Waals surface area contributed by atoms with E-state index < -0.39 is 10.0 Å². The summed E-state index contributed by atoms with van der Waals surface area (Å²) in [6.45, 7) is 0.0761. The predicted molar refractivity (Wildman–Crippen MR) is 40.5 cm³/mol. The number of tetrazole rings is 1. The molecule has 0 amide bonds. The Bertz CT molecular complexity index is 355. The summed E-state index contributed by atoms with van der Waals surface area (Å²) in [4.78, 5) is 1.26. The van der Waals surface area contributed by atoms with Gasteiger partial charge in [-0.15, -0.1) is 10.2 Å². The van der Waals surface area contributed by atoms with Gasteiger partial charge in [-0.25, -0.2) is 13.1 Å². The second-order valence-electron chi connectivity index (χ2n) is 2.29. The van der Waals surface area contributed by atoms with E-state index in [1.54, 1.807) is 7.05 Å². The molecule has 7 nitrogen and oxygen atoms in total. The van der Waals surface area contributed by atoms with Gasteiger partial charge in [0.2, 0.25) is 10.0 Å². The normalized spacial score (nSPS) is 11.8. The molecular formula is C4H9N5O2S. The van der Waals surface area contributed by atoms with Crippen molar-refractivity contribution in [1.82, 2.24) is 24.9 Å². The van der Waals surface area contributed by atoms with Crippen LogP contribution in [-0.4, -0.2) is 34.9 Å². The maximum atomic E-state index is 10.6. The van der Waals surface area contributed by atoms with E-state index in [1.807, 2.05) is 0 Å². The van der Waals surface area contributed by atoms with Gasteiger partial charge in [0.05, 0.1) is 19.8 Å². The van der Waals surface area contributed by atoms with Crippen molar-refractivity contribution in [1.29, 1.82) is 0 Å². The van der Waals surface area contributed by atoms with Crippen molar-refractivity contribution in [2.24, 2.45) is 7.05 Å². The zero-order valence-electron chi connectivity index (χ0n) is 6.72. The van der Waals surface area contributed by atoms with Crippen LogP contribution in [0.5, 0.6) is 0 Å². The molecular weight excluding hydrogens is 182 g/mol. The van der Waals surface area contributed by atoms with Crippen molar-refractivity contribution in [2.45, 2.75) is 6.54 Å². The van der Waals surface area contributed by atoms with Gasteiger partial charge >= 0.3 is 0 Å². The smallest absolute Gasteiger partial charge is 0.209 e. The number of hydrogen-bond acceptors (Lipinski definition) is 5. The molecule has 1 rings (SSSR count). The SMILES string of the molecule is Cn1nnc(CNS(C)(=O)=O)n1. The first-order valence-electron chi connectivity index (χ1n) is 3.15. The van der Waals surface area contributed by atoms with Crippen molar-refractivity contribution in [2.75, 3.05) is 6.26 Å². The molecule has 0 aromatic carbocycles. The quantitative estimate of drug-likeness (QED) is 0.612. The molecule has 0 aliphatic heterocycles. The summed E-state index contributed by atoms with van der Waals surface area (Å²) in [7, 11) is -1.57. The minimum Gasteiger partial charge on any atom is -0.213 e. The Morgan fingerprint density at radius 2 is 2.25 bits per heavy atom. The summed E-state index contributed by atoms with van der Waals surface area (Å²) in [6.07, 6.45) is 1.07. The largest absolute Gasteiger partial charge is 0.213 e. The number of nitrogens with one attached hydrogen (secondary N) is 1. The number of aromatic nitrogens is 4. The molecule has 1 N–H and O–H groups in total. The van der Waals surface area contributed by atoms with E-state index in [-0.39, 0.29) is 6.54 Å². The third kappa shape index (κ3) is 2.93. The zero-order valence-corrected chi connectivity index (χ0v) is 7.54. The van der Waals surface area contributed by atoms with Crippen LogP contribution in [0.4, 0.5) is 0 Å². The summed E-state index contributed by atoms with van der Waals surface area (Å²) in [5.74, 6) is 0.350. The van der Waals surface area contributed by atoms with Gasteiger partial charge in [-0.3, -0.25) is 0 Å². The Morgan fingerprint density at radius 3 is 2.67 bits per heavy atom. The van der Waals surface area contributed by atoms with Crippen molar-refractivity contribution in [3.05, 3.63) is 5.82 Å². The molecule has 1 aromatic heterocycles. The Kier molecular flexibility index (Phi) is 2.38. The van der Waals surface area contributed by atoms with Gasteiger partial charge in [0.15, 0.2) is 5.82 Å². The van der Waals surface area contributed by atoms with Crippen LogP contribution in [0.2, 0.25) is 0 Å². The molecule has 0 bridgehead atoms. The monoisotopic (exact) mass is 191 g/mol. The molecule has 0 radical (unpaired) electrons. The number of aryl methyl sites for hydroxylation is 1. The van der Waals surface area contributed by atoms with E-state index in [1.165, 1.54) is 4.80 Å². The number of sulfonamides is 1. The highest BCUT2D eigenvalue weighted by Gasteiger charge is 2.04. The molecule has 1 aromatic rings. The standard InChI is InChI=1S/C4H9N5O2S/c1-9-7-4(6-8-9)3-5-12(2,10)11/h5H,3H2,1-2H3. The molecule has 0 spiro atoms. The fraction of sp³-hybridized carbons (Fsp3) is 0.750. The third-order valence-electron chi connectivity index (χ3n) is 1.04. The maximum absolute atomic E-state index is 10.6. The molecule has 8 heteroatoms. The summed E-state index contributed by atoms with van der Waals surface area (Å²) in [5.41, 5.74) is 0. The van der Waals surface area contributed by atoms with Crippen molar-refractivity contribution in [3.8, 4) is 0 Å². The maximum Gasteiger partial charge on any atom is 0.209 e. The van der Waals surface area contributed by atoms with Crippen LogP contribution < -0.4 is 4.72 Å². The molecule has 0 aliphatic carbocycles. The van der Waals surface area contributed by atoms with Gasteiger partial charge in [0, 0.05) is 0 Å². The third-order valence-corrected chi connectivity index (χ3v) is 1.71. The minimum absolute atomic E-state index is 0.0761. The first-order chi connectivity index (χ1) is 5.47. The van der Waals surface area contributed by atoms with Crippen molar-refractivity contribution >= 4 is 10.0 Å². The fourth-order valence-electron chi connectivity index (χ4n) is 0.590. The zero-order chi connectivity index (χ0) is 9.19. The van der Waals surface area contributed by atoms with Crippen molar-refractivity contribution in [3.63, 3.8) is 0 Å². The van der Waals surface area contributed by atoms with Crippen LogP contribution in [-0.2, 0) is 23.6 Å². The molecule has 0 atom stereocenters. The highest BCUT2D eigenvalue weighted by Crippen LogP contribution is 1.85. The Hall–Kier alpha value is -1.02. The lowest BCUT2D eigenvalue weighted by Gasteiger charge is -1.95. The lowest BCUT2D eigenvalue weighted by Crippen LogP contribution is -2.21. The Morgan fingerprint density at radius 1 is 1.58 bits per heavy atom. The number of rotatable bonds is 3. The van der Waals surface area contributed by atoms with E-state index >= 15 is 0 Å². The summed E-state index contributed by atoms with van der Waals surface area (Å²) in [5, 5.41) is 10.9. The lowest BCUT2D eigenvalue weighted by atomic mass is 10.6. The van der Waals surface area contributed by atoms with Gasteiger partial charge in [-0.05, 0) is 5.21 Å². The average molecular weight is 191 g/mol. The van der Waals surface area contributed by atoms with Crippen LogP contribution in [0.1, 0.15) is 5.82 Å². The van der Waals surface area contributed by atoms with E-state index in [4.69, 9.17) is 0 Å². The van der Waals surface area contributed by atoms with E-state index in [0.717, 1.165) is 6.26 Å². The predicted octanol–water partition coefficient (Wildman–Crippen LogP) is -1.74. The van der Waals surface area contributed by atoms with Gasteiger partial charge in [-0.1, -0.05) is 0 Å². The summed E-state index contributed by atoms with van der Waals surface area (Å²) >= 11 is 0. The van der Waals surface area contributed by atoms with E-state index in [2.05, 4.69) is 20.1 Å². The first kappa shape index (κ1) is 9.07. The fourth-order valence-corrected chi connectivity index (χ4v) is 0.981. The van der Waals surface area contributed by atoms with Crippen LogP contribution in [0.25, 0.3) is 0 Å². The second-order valence-corrected chi connectivity index (χ2v) is 4.12. The van der Waals surface area contributed by atoms with Gasteiger partial charge < -0.3 is 0 Å². The van der Waals surface area contributed by atoms with Crippen molar-refractivity contribution < 1.29 is 8.42 Å². The molecule has 0 fully saturated rings. The van der Waals surface area contributed by atoms with Gasteiger partial charge in [-0.2, -0.15) is 4.80 Å². The second kappa shape index (κ2) is 3.15. The van der Waals surface area contributed by atoms with Gasteiger partial charge in [0.25, 0.3) is 0 Å². The highest BCUT2D eigenvalue weighted by atomic mass is 32.2. The molecule has 1 heterocycles. The molecule has 0 saturated carbocycles. The Balaban J connectivity index is 2.55. The topological polar surface area (TPSA) is 89.8 Å². The highest BCUT2D eigenvalue weighted by molar-refractivity contribution is 7.88. The van der Waals surface area contributed by atoms with Crippen LogP contribution in [0.3, 0.4) is 0 Å². The molecule has 12 heavy (non-hydrogen) atoms. The van der Waals surface area contributed by atoms with Crippen LogP contribution >= 0.6 is 0 Å². The molecule has 0 unspecified atom stereocenters. The number of hydrogen-bond donors (Lipinski definition) is 1. The van der Waals surface area contributed by atoms with E-state index in [9.17, 15) is 8.42 Å². The van der Waals surface area contributed by atoms with Crippen LogP contribution in [0.15, 0.2) is 0 Å². The number of nitrogens with zero attached hydrogens (tertiary/aromatic N) is 4. The minimum atomic E-state index is -3.18. The summed E-state index contributed by atoms with van der Waals surface area (Å²) in [6, 6.07) is 0. The van der Waals surface area contributed by atoms with E-state index in [0.29, 0.717) is 5.82 Å².